The van der Waals surface area contributed by atoms with Crippen molar-refractivity contribution in [2.45, 2.75) is 36.5 Å². The first-order valence-corrected chi connectivity index (χ1v) is 8.52. The molecular formula is C19H20FNOS. The molecule has 0 unspecified atom stereocenters. The summed E-state index contributed by atoms with van der Waals surface area (Å²) in [7, 11) is 0. The Kier molecular flexibility index (Phi) is 5.99. The Morgan fingerprint density at radius 3 is 2.48 bits per heavy atom. The van der Waals surface area contributed by atoms with Crippen LogP contribution in [0, 0.1) is 5.82 Å². The normalized spacial score (nSPS) is 12.6. The van der Waals surface area contributed by atoms with Crippen LogP contribution in [-0.4, -0.2) is 5.91 Å². The summed E-state index contributed by atoms with van der Waals surface area (Å²) < 4.78 is 14.4. The predicted molar refractivity (Wildman–Crippen MR) is 93.8 cm³/mol. The number of hydrogen-bond acceptors (Lipinski definition) is 2. The van der Waals surface area contributed by atoms with E-state index in [9.17, 15) is 9.18 Å². The number of rotatable bonds is 3. The standard InChI is InChI=1S/C17H14FNOS.C2H6/c18-15-10-13(21-12-6-2-1-3-7-12)9-11-5-4-8-14(16(11)15)17(19)20;1-2/h1-3,6-10H,4-5H2,(H2,19,20);1-2H3. The van der Waals surface area contributed by atoms with E-state index < -0.39 is 5.91 Å². The van der Waals surface area contributed by atoms with E-state index in [-0.39, 0.29) is 5.82 Å². The van der Waals surface area contributed by atoms with Gasteiger partial charge in [0.25, 0.3) is 0 Å². The van der Waals surface area contributed by atoms with Crippen molar-refractivity contribution in [1.82, 2.24) is 0 Å². The van der Waals surface area contributed by atoms with E-state index in [4.69, 9.17) is 5.73 Å². The van der Waals surface area contributed by atoms with Gasteiger partial charge in [-0.25, -0.2) is 4.39 Å². The SMILES string of the molecule is CC.NC(=O)C1=CCCc2cc(Sc3ccccc3)cc(F)c21. The Morgan fingerprint density at radius 1 is 1.13 bits per heavy atom. The van der Waals surface area contributed by atoms with Gasteiger partial charge < -0.3 is 5.73 Å². The number of nitrogens with two attached hydrogens (primary N) is 1. The van der Waals surface area contributed by atoms with E-state index in [1.165, 1.54) is 17.8 Å². The lowest BCUT2D eigenvalue weighted by molar-refractivity contribution is -0.112. The molecule has 0 spiro atoms. The van der Waals surface area contributed by atoms with Crippen LogP contribution in [0.1, 0.15) is 31.4 Å². The van der Waals surface area contributed by atoms with Gasteiger partial charge in [0.05, 0.1) is 0 Å². The monoisotopic (exact) mass is 329 g/mol. The third-order valence-corrected chi connectivity index (χ3v) is 4.40. The van der Waals surface area contributed by atoms with Gasteiger partial charge in [-0.05, 0) is 42.7 Å². The van der Waals surface area contributed by atoms with E-state index >= 15 is 0 Å². The molecule has 0 radical (unpaired) electrons. The molecule has 1 aliphatic carbocycles. The Labute approximate surface area is 140 Å². The molecule has 0 atom stereocenters. The Morgan fingerprint density at radius 2 is 1.83 bits per heavy atom. The summed E-state index contributed by atoms with van der Waals surface area (Å²) in [5.74, 6) is -0.950. The van der Waals surface area contributed by atoms with Crippen LogP contribution in [0.3, 0.4) is 0 Å². The third kappa shape index (κ3) is 4.02. The van der Waals surface area contributed by atoms with Gasteiger partial charge in [0.2, 0.25) is 5.91 Å². The summed E-state index contributed by atoms with van der Waals surface area (Å²) in [5.41, 5.74) is 6.85. The van der Waals surface area contributed by atoms with Crippen LogP contribution < -0.4 is 5.73 Å². The van der Waals surface area contributed by atoms with Crippen molar-refractivity contribution >= 4 is 23.2 Å². The van der Waals surface area contributed by atoms with Gasteiger partial charge >= 0.3 is 0 Å². The van der Waals surface area contributed by atoms with Crippen molar-refractivity contribution in [3.63, 3.8) is 0 Å². The van der Waals surface area contributed by atoms with Crippen LogP contribution in [0.2, 0.25) is 0 Å². The highest BCUT2D eigenvalue weighted by atomic mass is 32.2. The van der Waals surface area contributed by atoms with Crippen LogP contribution in [0.5, 0.6) is 0 Å². The van der Waals surface area contributed by atoms with Crippen LogP contribution in [0.25, 0.3) is 5.57 Å². The lowest BCUT2D eigenvalue weighted by atomic mass is 9.90. The number of amides is 1. The summed E-state index contributed by atoms with van der Waals surface area (Å²) in [5, 5.41) is 0. The molecule has 3 rings (SSSR count). The van der Waals surface area contributed by atoms with Crippen molar-refractivity contribution in [1.29, 1.82) is 0 Å². The zero-order valence-corrected chi connectivity index (χ0v) is 14.1. The maximum Gasteiger partial charge on any atom is 0.249 e. The highest BCUT2D eigenvalue weighted by Gasteiger charge is 2.21. The van der Waals surface area contributed by atoms with Gasteiger partial charge in [0.15, 0.2) is 0 Å². The summed E-state index contributed by atoms with van der Waals surface area (Å²) in [4.78, 5) is 13.3. The lowest BCUT2D eigenvalue weighted by Crippen LogP contribution is -2.17. The smallest absolute Gasteiger partial charge is 0.249 e. The molecular weight excluding hydrogens is 309 g/mol. The number of carbonyl (C=O) groups excluding carboxylic acids is 1. The van der Waals surface area contributed by atoms with Gasteiger partial charge in [-0.2, -0.15) is 0 Å². The highest BCUT2D eigenvalue weighted by molar-refractivity contribution is 7.99. The van der Waals surface area contributed by atoms with E-state index in [0.29, 0.717) is 17.6 Å². The summed E-state index contributed by atoms with van der Waals surface area (Å²) in [6.45, 7) is 4.00. The maximum atomic E-state index is 14.4. The fourth-order valence-electron chi connectivity index (χ4n) is 2.52. The highest BCUT2D eigenvalue weighted by Crippen LogP contribution is 2.35. The molecule has 0 heterocycles. The van der Waals surface area contributed by atoms with Crippen LogP contribution in [0.15, 0.2) is 58.3 Å². The second kappa shape index (κ2) is 7.97. The molecule has 0 saturated heterocycles. The first kappa shape index (κ1) is 17.3. The summed E-state index contributed by atoms with van der Waals surface area (Å²) in [6.07, 6.45) is 3.16. The van der Waals surface area contributed by atoms with Crippen LogP contribution in [-0.2, 0) is 11.2 Å². The van der Waals surface area contributed by atoms with Crippen LogP contribution >= 0.6 is 11.8 Å². The number of allylic oxidation sites excluding steroid dienone is 1. The van der Waals surface area contributed by atoms with Gasteiger partial charge in [0, 0.05) is 20.9 Å². The van der Waals surface area contributed by atoms with E-state index in [0.717, 1.165) is 21.8 Å². The number of benzene rings is 2. The molecule has 2 aromatic rings. The number of hydrogen-bond donors (Lipinski definition) is 1. The third-order valence-electron chi connectivity index (χ3n) is 3.42. The maximum absolute atomic E-state index is 14.4. The average molecular weight is 329 g/mol. The van der Waals surface area contributed by atoms with Crippen molar-refractivity contribution in [2.75, 3.05) is 0 Å². The first-order chi connectivity index (χ1) is 11.1. The van der Waals surface area contributed by atoms with E-state index in [1.807, 2.05) is 50.2 Å². The van der Waals surface area contributed by atoms with Crippen molar-refractivity contribution < 1.29 is 9.18 Å². The quantitative estimate of drug-likeness (QED) is 0.877. The topological polar surface area (TPSA) is 43.1 Å². The molecule has 4 heteroatoms. The summed E-state index contributed by atoms with van der Waals surface area (Å²) in [6, 6.07) is 13.2. The molecule has 0 aliphatic heterocycles. The van der Waals surface area contributed by atoms with Crippen molar-refractivity contribution in [3.05, 3.63) is 65.5 Å². The zero-order chi connectivity index (χ0) is 16.8. The molecule has 0 aromatic heterocycles. The molecule has 120 valence electrons. The van der Waals surface area contributed by atoms with Crippen molar-refractivity contribution in [2.24, 2.45) is 5.73 Å². The molecule has 2 nitrogen and oxygen atoms in total. The van der Waals surface area contributed by atoms with Crippen LogP contribution in [0.4, 0.5) is 4.39 Å². The van der Waals surface area contributed by atoms with Gasteiger partial charge in [0.1, 0.15) is 5.82 Å². The van der Waals surface area contributed by atoms with Gasteiger partial charge in [-0.1, -0.05) is 49.9 Å². The number of primary amides is 1. The predicted octanol–water partition coefficient (Wildman–Crippen LogP) is 4.82. The first-order valence-electron chi connectivity index (χ1n) is 7.71. The minimum absolute atomic E-state index is 0.296. The fourth-order valence-corrected chi connectivity index (χ4v) is 3.45. The Balaban J connectivity index is 0.000000924. The van der Waals surface area contributed by atoms with E-state index in [2.05, 4.69) is 0 Å². The molecule has 0 saturated carbocycles. The van der Waals surface area contributed by atoms with Gasteiger partial charge in [-0.3, -0.25) is 4.79 Å². The number of fused-ring (bicyclic) bond motifs is 1. The molecule has 1 aliphatic rings. The van der Waals surface area contributed by atoms with Gasteiger partial charge in [-0.15, -0.1) is 0 Å². The van der Waals surface area contributed by atoms with Crippen molar-refractivity contribution in [3.8, 4) is 0 Å². The minimum Gasteiger partial charge on any atom is -0.366 e. The second-order valence-electron chi connectivity index (χ2n) is 4.88. The molecule has 2 N–H and O–H groups in total. The van der Waals surface area contributed by atoms with E-state index in [1.54, 1.807) is 6.08 Å². The Bertz CT molecular complexity index is 726. The fraction of sp³-hybridized carbons (Fsp3) is 0.211. The lowest BCUT2D eigenvalue weighted by Gasteiger charge is -2.17. The average Bonchev–Trinajstić information content (AvgIpc) is 2.57. The summed E-state index contributed by atoms with van der Waals surface area (Å²) >= 11 is 1.51. The largest absolute Gasteiger partial charge is 0.366 e. The molecule has 0 bridgehead atoms. The molecule has 1 amide bonds. The zero-order valence-electron chi connectivity index (χ0n) is 13.3. The Hall–Kier alpha value is -2.07. The minimum atomic E-state index is -0.571. The second-order valence-corrected chi connectivity index (χ2v) is 6.02. The number of halogens is 1. The molecule has 2 aromatic carbocycles. The number of carbonyl (C=O) groups is 1. The molecule has 23 heavy (non-hydrogen) atoms. The molecule has 0 fully saturated rings. The number of aryl methyl sites for hydroxylation is 1.